The maximum atomic E-state index is 12.3. The standard InChI is InChI=1S/C17H23NO4/c1-2-22-12-13-9-10-18(11-13)16(19)8-7-14-5-3-4-6-15(14)17(20)21/h3-6,13H,2,7-12H2,1H3,(H,20,21). The molecule has 0 aromatic heterocycles. The number of benzene rings is 1. The molecule has 1 heterocycles. The highest BCUT2D eigenvalue weighted by Gasteiger charge is 2.26. The number of hydrogen-bond donors (Lipinski definition) is 1. The fraction of sp³-hybridized carbons (Fsp3) is 0.529. The van der Waals surface area contributed by atoms with Crippen LogP contribution in [0.5, 0.6) is 0 Å². The average molecular weight is 305 g/mol. The van der Waals surface area contributed by atoms with E-state index in [4.69, 9.17) is 9.84 Å². The molecule has 2 rings (SSSR count). The largest absolute Gasteiger partial charge is 0.478 e. The summed E-state index contributed by atoms with van der Waals surface area (Å²) >= 11 is 0. The van der Waals surface area contributed by atoms with E-state index in [-0.39, 0.29) is 11.5 Å². The number of carbonyl (C=O) groups is 2. The Morgan fingerprint density at radius 2 is 2.14 bits per heavy atom. The van der Waals surface area contributed by atoms with Crippen LogP contribution in [0.4, 0.5) is 0 Å². The van der Waals surface area contributed by atoms with Gasteiger partial charge in [-0.3, -0.25) is 4.79 Å². The topological polar surface area (TPSA) is 66.8 Å². The van der Waals surface area contributed by atoms with Crippen LogP contribution in [0.25, 0.3) is 0 Å². The third kappa shape index (κ3) is 4.31. The second kappa shape index (κ2) is 7.94. The Hall–Kier alpha value is -1.88. The van der Waals surface area contributed by atoms with Gasteiger partial charge in [0.1, 0.15) is 0 Å². The van der Waals surface area contributed by atoms with E-state index in [1.165, 1.54) is 0 Å². The number of rotatable bonds is 7. The molecule has 1 aliphatic heterocycles. The molecule has 1 fully saturated rings. The van der Waals surface area contributed by atoms with Crippen LogP contribution in [0, 0.1) is 5.92 Å². The molecule has 1 unspecified atom stereocenters. The molecule has 1 aromatic rings. The first-order valence-electron chi connectivity index (χ1n) is 7.78. The quantitative estimate of drug-likeness (QED) is 0.838. The molecule has 0 aliphatic carbocycles. The molecule has 5 heteroatoms. The molecule has 1 saturated heterocycles. The maximum Gasteiger partial charge on any atom is 0.335 e. The van der Waals surface area contributed by atoms with Crippen LogP contribution in [0.15, 0.2) is 24.3 Å². The zero-order chi connectivity index (χ0) is 15.9. The number of hydrogen-bond acceptors (Lipinski definition) is 3. The number of carboxylic acid groups (broad SMARTS) is 1. The highest BCUT2D eigenvalue weighted by atomic mass is 16.5. The second-order valence-corrected chi connectivity index (χ2v) is 5.62. The van der Waals surface area contributed by atoms with Crippen molar-refractivity contribution in [1.29, 1.82) is 0 Å². The van der Waals surface area contributed by atoms with Gasteiger partial charge in [0.2, 0.25) is 5.91 Å². The molecular weight excluding hydrogens is 282 g/mol. The lowest BCUT2D eigenvalue weighted by Gasteiger charge is -2.17. The van der Waals surface area contributed by atoms with Crippen molar-refractivity contribution in [1.82, 2.24) is 4.90 Å². The van der Waals surface area contributed by atoms with Crippen molar-refractivity contribution >= 4 is 11.9 Å². The third-order valence-electron chi connectivity index (χ3n) is 4.05. The summed E-state index contributed by atoms with van der Waals surface area (Å²) in [6.07, 6.45) is 1.80. The first-order chi connectivity index (χ1) is 10.6. The lowest BCUT2D eigenvalue weighted by molar-refractivity contribution is -0.130. The van der Waals surface area contributed by atoms with Gasteiger partial charge < -0.3 is 14.7 Å². The maximum absolute atomic E-state index is 12.3. The first-order valence-corrected chi connectivity index (χ1v) is 7.78. The Morgan fingerprint density at radius 3 is 2.86 bits per heavy atom. The summed E-state index contributed by atoms with van der Waals surface area (Å²) in [5, 5.41) is 9.15. The van der Waals surface area contributed by atoms with Crippen LogP contribution in [0.2, 0.25) is 0 Å². The molecule has 1 atom stereocenters. The van der Waals surface area contributed by atoms with Crippen molar-refractivity contribution in [3.05, 3.63) is 35.4 Å². The van der Waals surface area contributed by atoms with E-state index in [1.807, 2.05) is 11.8 Å². The summed E-state index contributed by atoms with van der Waals surface area (Å²) in [5.74, 6) is -0.421. The van der Waals surface area contributed by atoms with E-state index in [1.54, 1.807) is 24.3 Å². The van der Waals surface area contributed by atoms with Gasteiger partial charge in [-0.2, -0.15) is 0 Å². The molecule has 1 aromatic carbocycles. The van der Waals surface area contributed by atoms with Crippen molar-refractivity contribution in [2.45, 2.75) is 26.2 Å². The Kier molecular flexibility index (Phi) is 5.95. The fourth-order valence-electron chi connectivity index (χ4n) is 2.83. The zero-order valence-corrected chi connectivity index (χ0v) is 13.0. The minimum Gasteiger partial charge on any atom is -0.478 e. The van der Waals surface area contributed by atoms with Gasteiger partial charge in [0.25, 0.3) is 0 Å². The highest BCUT2D eigenvalue weighted by Crippen LogP contribution is 2.19. The van der Waals surface area contributed by atoms with Gasteiger partial charge in [0.05, 0.1) is 12.2 Å². The molecule has 5 nitrogen and oxygen atoms in total. The monoisotopic (exact) mass is 305 g/mol. The Labute approximate surface area is 130 Å². The van der Waals surface area contributed by atoms with Gasteiger partial charge >= 0.3 is 5.97 Å². The van der Waals surface area contributed by atoms with Crippen molar-refractivity contribution < 1.29 is 19.4 Å². The van der Waals surface area contributed by atoms with E-state index < -0.39 is 5.97 Å². The number of carboxylic acids is 1. The minimum atomic E-state index is -0.944. The number of likely N-dealkylation sites (tertiary alicyclic amines) is 1. The van der Waals surface area contributed by atoms with E-state index in [2.05, 4.69) is 0 Å². The van der Waals surface area contributed by atoms with Gasteiger partial charge in [0.15, 0.2) is 0 Å². The summed E-state index contributed by atoms with van der Waals surface area (Å²) in [6, 6.07) is 6.86. The van der Waals surface area contributed by atoms with E-state index >= 15 is 0 Å². The van der Waals surface area contributed by atoms with Crippen LogP contribution in [-0.4, -0.2) is 48.2 Å². The lowest BCUT2D eigenvalue weighted by atomic mass is 10.0. The van der Waals surface area contributed by atoms with E-state index in [9.17, 15) is 9.59 Å². The number of amides is 1. The van der Waals surface area contributed by atoms with Gasteiger partial charge in [0, 0.05) is 32.0 Å². The predicted octanol–water partition coefficient (Wildman–Crippen LogP) is 2.20. The number of aromatic carboxylic acids is 1. The van der Waals surface area contributed by atoms with Crippen LogP contribution < -0.4 is 0 Å². The SMILES string of the molecule is CCOCC1CCN(C(=O)CCc2ccccc2C(=O)O)C1. The van der Waals surface area contributed by atoms with Crippen LogP contribution in [0.3, 0.4) is 0 Å². The predicted molar refractivity (Wildman–Crippen MR) is 82.9 cm³/mol. The van der Waals surface area contributed by atoms with Gasteiger partial charge in [-0.1, -0.05) is 18.2 Å². The second-order valence-electron chi connectivity index (χ2n) is 5.62. The summed E-state index contributed by atoms with van der Waals surface area (Å²) < 4.78 is 5.41. The van der Waals surface area contributed by atoms with Crippen molar-refractivity contribution in [3.8, 4) is 0 Å². The van der Waals surface area contributed by atoms with Crippen molar-refractivity contribution in [2.24, 2.45) is 5.92 Å². The Bertz CT molecular complexity index is 529. The molecule has 22 heavy (non-hydrogen) atoms. The summed E-state index contributed by atoms with van der Waals surface area (Å²) in [6.45, 7) is 4.91. The summed E-state index contributed by atoms with van der Waals surface area (Å²) in [5.41, 5.74) is 0.999. The third-order valence-corrected chi connectivity index (χ3v) is 4.05. The van der Waals surface area contributed by atoms with Gasteiger partial charge in [-0.15, -0.1) is 0 Å². The molecule has 0 radical (unpaired) electrons. The van der Waals surface area contributed by atoms with E-state index in [0.717, 1.165) is 19.5 Å². The molecule has 0 bridgehead atoms. The Morgan fingerprint density at radius 1 is 1.36 bits per heavy atom. The van der Waals surface area contributed by atoms with Crippen LogP contribution in [0.1, 0.15) is 35.7 Å². The molecule has 1 N–H and O–H groups in total. The van der Waals surface area contributed by atoms with Crippen LogP contribution >= 0.6 is 0 Å². The van der Waals surface area contributed by atoms with Gasteiger partial charge in [-0.25, -0.2) is 4.79 Å². The fourth-order valence-corrected chi connectivity index (χ4v) is 2.83. The molecule has 0 spiro atoms. The normalized spacial score (nSPS) is 17.7. The first kappa shape index (κ1) is 16.5. The zero-order valence-electron chi connectivity index (χ0n) is 13.0. The lowest BCUT2D eigenvalue weighted by Crippen LogP contribution is -2.29. The molecule has 0 saturated carbocycles. The Balaban J connectivity index is 1.85. The summed E-state index contributed by atoms with van der Waals surface area (Å²) in [7, 11) is 0. The molecule has 1 amide bonds. The number of ether oxygens (including phenoxy) is 1. The smallest absolute Gasteiger partial charge is 0.335 e. The number of aryl methyl sites for hydroxylation is 1. The molecular formula is C17H23NO4. The molecule has 120 valence electrons. The number of nitrogens with zero attached hydrogens (tertiary/aromatic N) is 1. The minimum absolute atomic E-state index is 0.0965. The molecule has 1 aliphatic rings. The van der Waals surface area contributed by atoms with Crippen molar-refractivity contribution in [3.63, 3.8) is 0 Å². The van der Waals surface area contributed by atoms with Crippen molar-refractivity contribution in [2.75, 3.05) is 26.3 Å². The number of carbonyl (C=O) groups excluding carboxylic acids is 1. The van der Waals surface area contributed by atoms with Gasteiger partial charge in [-0.05, 0) is 31.4 Å². The average Bonchev–Trinajstić information content (AvgIpc) is 2.99. The highest BCUT2D eigenvalue weighted by molar-refractivity contribution is 5.89. The van der Waals surface area contributed by atoms with Crippen LogP contribution in [-0.2, 0) is 16.0 Å². The summed E-state index contributed by atoms with van der Waals surface area (Å²) in [4.78, 5) is 25.3. The van der Waals surface area contributed by atoms with E-state index in [0.29, 0.717) is 37.5 Å².